The van der Waals surface area contributed by atoms with Gasteiger partial charge in [-0.2, -0.15) is 23.5 Å². The first-order valence-electron chi connectivity index (χ1n) is 33.7. The SMILES string of the molecule is C[C@H]1NC(=O)[C@H](CCCCN)NC(=O)CCSCc2cccc(c2)CSCCNC(=O)[C@]2(C)CCCN2C(=O)[C@H](Cc2ccc(OCC(=O)O)cc2)NC(=O)[C@H](Cc2cnc[nH]2)NC(=O)[C@H](CC(=O)O)NC(=O)[C@H](Cc2c[nH]c3ccc(F)cc23)NC(=O)[C@H](Cc2c[nH]c3ccc(F)cc23)NC1=O. The summed E-state index contributed by atoms with van der Waals surface area (Å²) in [6.45, 7) is 2.97. The number of amides is 9. The third-order valence-corrected chi connectivity index (χ3v) is 19.9. The zero-order chi connectivity index (χ0) is 73.7. The number of aromatic nitrogens is 4. The third kappa shape index (κ3) is 21.6. The van der Waals surface area contributed by atoms with E-state index in [2.05, 4.69) is 68.5 Å². The standard InChI is InChI=1S/C71H84F2N14O14S2/c1-40-63(93)82-55(27-44-33-77-52-16-12-46(72)29-50(44)52)65(95)83-56(28-45-34-78-53-17-13-47(73)30-51(45)53)66(96)85-58(32-61(89)90)68(98)84-57(31-48-35-75-39-79-48)67(97)86-59(26-41-10-14-49(15-11-41)101-36-62(91)92)69(99)87-22-6-19-71(87,2)70(100)76-21-24-103-38-43-8-5-7-42(25-43)37-102-23-18-60(88)81-54(64(94)80-40)9-3-4-20-74/h5,7-8,10-17,25,29-30,33-35,39-40,54-59,77-78H,3-4,6,9,18-24,26-28,31-32,36-38,74H2,1-2H3,(H,75,79)(H,76,100)(H,80,94)(H,81,88)(H,82,93)(H,83,95)(H,84,98)(H,85,96)(H,86,97)(H,89,90)(H,91,92)/t40-,54+,55+,56+,57+,58+,59+,71+/m1/s1. The Balaban J connectivity index is 1.06. The molecule has 15 N–H and O–H groups in total. The van der Waals surface area contributed by atoms with Gasteiger partial charge >= 0.3 is 11.9 Å². The maximum Gasteiger partial charge on any atom is 0.341 e. The van der Waals surface area contributed by atoms with E-state index in [1.165, 1.54) is 97.0 Å². The molecule has 1 saturated heterocycles. The number of nitrogens with two attached hydrogens (primary N) is 1. The summed E-state index contributed by atoms with van der Waals surface area (Å²) in [6.07, 6.45) is 4.80. The molecule has 9 rings (SSSR count). The molecule has 5 heterocycles. The van der Waals surface area contributed by atoms with Crippen molar-refractivity contribution in [1.29, 1.82) is 0 Å². The van der Waals surface area contributed by atoms with Crippen LogP contribution in [0, 0.1) is 11.6 Å². The number of halogens is 2. The van der Waals surface area contributed by atoms with Crippen molar-refractivity contribution < 1.29 is 76.5 Å². The Bertz CT molecular complexity index is 4200. The van der Waals surface area contributed by atoms with Crippen LogP contribution >= 0.6 is 23.5 Å². The number of ether oxygens (including phenoxy) is 1. The number of fused-ring (bicyclic) bond motifs is 5. The van der Waals surface area contributed by atoms with Crippen LogP contribution < -0.4 is 53.0 Å². The van der Waals surface area contributed by atoms with E-state index >= 15 is 23.6 Å². The Morgan fingerprint density at radius 3 is 1.81 bits per heavy atom. The second-order valence-electron chi connectivity index (χ2n) is 25.6. The van der Waals surface area contributed by atoms with Crippen molar-refractivity contribution >= 4 is 110 Å². The minimum absolute atomic E-state index is 0.0411. The Labute approximate surface area is 599 Å². The second-order valence-corrected chi connectivity index (χ2v) is 27.8. The molecule has 2 aliphatic heterocycles. The first-order chi connectivity index (χ1) is 49.4. The summed E-state index contributed by atoms with van der Waals surface area (Å²) in [5.74, 6) is -9.58. The quantitative estimate of drug-likeness (QED) is 0.0580. The lowest BCUT2D eigenvalue weighted by molar-refractivity contribution is -0.146. The number of nitrogens with one attached hydrogen (secondary N) is 11. The topological polar surface area (TPSA) is 423 Å². The van der Waals surface area contributed by atoms with Crippen LogP contribution in [0.1, 0.15) is 92.3 Å². The largest absolute Gasteiger partial charge is 0.482 e. The van der Waals surface area contributed by atoms with Gasteiger partial charge in [0.2, 0.25) is 53.2 Å². The Morgan fingerprint density at radius 1 is 0.641 bits per heavy atom. The lowest BCUT2D eigenvalue weighted by Crippen LogP contribution is -2.62. The van der Waals surface area contributed by atoms with Gasteiger partial charge in [0.1, 0.15) is 65.2 Å². The smallest absolute Gasteiger partial charge is 0.341 e. The molecular weight excluding hydrogens is 1370 g/mol. The van der Waals surface area contributed by atoms with Crippen LogP contribution in [0.15, 0.2) is 110 Å². The summed E-state index contributed by atoms with van der Waals surface area (Å²) >= 11 is 3.08. The van der Waals surface area contributed by atoms with Crippen LogP contribution in [0.25, 0.3) is 21.8 Å². The molecule has 0 unspecified atom stereocenters. The van der Waals surface area contributed by atoms with Gasteiger partial charge in [-0.3, -0.25) is 47.9 Å². The highest BCUT2D eigenvalue weighted by molar-refractivity contribution is 7.98. The predicted molar refractivity (Wildman–Crippen MR) is 380 cm³/mol. The first kappa shape index (κ1) is 76.8. The molecule has 28 nitrogen and oxygen atoms in total. The molecule has 0 saturated carbocycles. The number of aliphatic carboxylic acids is 2. The van der Waals surface area contributed by atoms with Gasteiger partial charge in [0, 0.05) is 114 Å². The molecule has 32 heteroatoms. The molecule has 103 heavy (non-hydrogen) atoms. The average Bonchev–Trinajstić information content (AvgIpc) is 1.69. The minimum Gasteiger partial charge on any atom is -0.482 e. The molecule has 7 aromatic rings. The van der Waals surface area contributed by atoms with Crippen molar-refractivity contribution in [3.05, 3.63) is 155 Å². The third-order valence-electron chi connectivity index (χ3n) is 17.8. The van der Waals surface area contributed by atoms with Crippen molar-refractivity contribution in [2.24, 2.45) is 5.73 Å². The number of hydrogen-bond donors (Lipinski definition) is 14. The number of rotatable bonds is 17. The predicted octanol–water partition coefficient (Wildman–Crippen LogP) is 3.47. The highest BCUT2D eigenvalue weighted by Crippen LogP contribution is 2.31. The number of carbonyl (C=O) groups excluding carboxylic acids is 9. The van der Waals surface area contributed by atoms with Crippen LogP contribution in [-0.4, -0.2) is 186 Å². The lowest BCUT2D eigenvalue weighted by Gasteiger charge is -2.36. The zero-order valence-corrected chi connectivity index (χ0v) is 58.3. The fourth-order valence-corrected chi connectivity index (χ4v) is 14.0. The van der Waals surface area contributed by atoms with E-state index in [-0.39, 0.29) is 74.0 Å². The normalized spacial score (nSPS) is 22.5. The number of imidazole rings is 1. The number of H-pyrrole nitrogens is 3. The number of carboxylic acid groups (broad SMARTS) is 2. The molecule has 4 aromatic carbocycles. The lowest BCUT2D eigenvalue weighted by atomic mass is 9.95. The molecule has 0 aliphatic carbocycles. The molecular formula is C71H84F2N14O14S2. The van der Waals surface area contributed by atoms with Crippen LogP contribution in [0.3, 0.4) is 0 Å². The van der Waals surface area contributed by atoms with Crippen molar-refractivity contribution in [3.8, 4) is 5.75 Å². The van der Waals surface area contributed by atoms with Crippen LogP contribution in [0.5, 0.6) is 5.75 Å². The van der Waals surface area contributed by atoms with Gasteiger partial charge in [-0.05, 0) is 129 Å². The number of benzene rings is 4. The van der Waals surface area contributed by atoms with E-state index in [0.717, 1.165) is 11.1 Å². The highest BCUT2D eigenvalue weighted by atomic mass is 32.2. The number of hydrogen-bond acceptors (Lipinski definition) is 16. The van der Waals surface area contributed by atoms with E-state index < -0.39 is 144 Å². The van der Waals surface area contributed by atoms with Gasteiger partial charge in [0.05, 0.1) is 12.7 Å². The molecule has 0 radical (unpaired) electrons. The van der Waals surface area contributed by atoms with Crippen molar-refractivity contribution in [2.75, 3.05) is 37.7 Å². The number of carbonyl (C=O) groups is 11. The van der Waals surface area contributed by atoms with Crippen molar-refractivity contribution in [2.45, 2.75) is 144 Å². The summed E-state index contributed by atoms with van der Waals surface area (Å²) in [4.78, 5) is 170. The first-order valence-corrected chi connectivity index (χ1v) is 36.0. The van der Waals surface area contributed by atoms with E-state index in [1.54, 1.807) is 30.8 Å². The molecule has 2 aliphatic rings. The molecule has 548 valence electrons. The van der Waals surface area contributed by atoms with Crippen molar-refractivity contribution in [1.82, 2.24) is 67.4 Å². The molecule has 2 bridgehead atoms. The fraction of sp³-hybridized carbons (Fsp3) is 0.408. The number of thioether (sulfide) groups is 2. The fourth-order valence-electron chi connectivity index (χ4n) is 12.3. The number of carboxylic acids is 2. The Kier molecular flexibility index (Phi) is 27.2. The van der Waals surface area contributed by atoms with E-state index in [0.29, 0.717) is 76.4 Å². The van der Waals surface area contributed by atoms with Crippen LogP contribution in [0.2, 0.25) is 0 Å². The number of nitrogens with zero attached hydrogens (tertiary/aromatic N) is 2. The Hall–Kier alpha value is -10.3. The van der Waals surface area contributed by atoms with Gasteiger partial charge in [-0.25, -0.2) is 18.6 Å². The van der Waals surface area contributed by atoms with Crippen molar-refractivity contribution in [3.63, 3.8) is 0 Å². The zero-order valence-electron chi connectivity index (χ0n) is 56.7. The summed E-state index contributed by atoms with van der Waals surface area (Å²) in [6, 6.07) is 10.5. The van der Waals surface area contributed by atoms with E-state index in [4.69, 9.17) is 10.5 Å². The van der Waals surface area contributed by atoms with E-state index in [1.807, 2.05) is 18.2 Å². The maximum absolute atomic E-state index is 15.2. The summed E-state index contributed by atoms with van der Waals surface area (Å²) in [5.41, 5.74) is 8.54. The van der Waals surface area contributed by atoms with Gasteiger partial charge in [-0.15, -0.1) is 0 Å². The van der Waals surface area contributed by atoms with Crippen LogP contribution in [-0.2, 0) is 89.9 Å². The molecule has 0 spiro atoms. The van der Waals surface area contributed by atoms with Gasteiger partial charge < -0.3 is 83.1 Å². The van der Waals surface area contributed by atoms with Gasteiger partial charge in [0.25, 0.3) is 0 Å². The van der Waals surface area contributed by atoms with Gasteiger partial charge in [-0.1, -0.05) is 36.4 Å². The highest BCUT2D eigenvalue weighted by Gasteiger charge is 2.48. The molecule has 3 aromatic heterocycles. The molecule has 1 fully saturated rings. The Morgan fingerprint density at radius 2 is 1.21 bits per heavy atom. The maximum atomic E-state index is 15.2. The second kappa shape index (κ2) is 36.5. The average molecular weight is 1460 g/mol. The number of aromatic amines is 3. The monoisotopic (exact) mass is 1460 g/mol. The number of unbranched alkanes of at least 4 members (excludes halogenated alkanes) is 1. The summed E-state index contributed by atoms with van der Waals surface area (Å²) in [5, 5.41) is 41.7. The van der Waals surface area contributed by atoms with E-state index in [9.17, 15) is 48.2 Å². The summed E-state index contributed by atoms with van der Waals surface area (Å²) < 4.78 is 35.3. The molecule has 9 amide bonds. The summed E-state index contributed by atoms with van der Waals surface area (Å²) in [7, 11) is 0. The minimum atomic E-state index is -2.04. The van der Waals surface area contributed by atoms with Gasteiger partial charge in [0.15, 0.2) is 6.61 Å². The molecule has 8 atom stereocenters. The van der Waals surface area contributed by atoms with Crippen LogP contribution in [0.4, 0.5) is 8.78 Å².